The summed E-state index contributed by atoms with van der Waals surface area (Å²) in [6.45, 7) is 0. The van der Waals surface area contributed by atoms with Crippen LogP contribution in [0.5, 0.6) is 11.5 Å². The van der Waals surface area contributed by atoms with Crippen LogP contribution in [0.1, 0.15) is 16.7 Å². The molecular formula is C19H12Cl4O5S. The Balaban J connectivity index is 2.68. The number of benzene rings is 3. The molecule has 0 spiro atoms. The van der Waals surface area contributed by atoms with E-state index in [1.54, 1.807) is 0 Å². The molecule has 29 heavy (non-hydrogen) atoms. The number of phenols is 2. The van der Waals surface area contributed by atoms with Crippen LogP contribution in [0.3, 0.4) is 0 Å². The van der Waals surface area contributed by atoms with Gasteiger partial charge in [-0.3, -0.25) is 4.55 Å². The molecule has 0 amide bonds. The molecule has 0 aliphatic heterocycles. The summed E-state index contributed by atoms with van der Waals surface area (Å²) in [5.74, 6) is -0.618. The Morgan fingerprint density at radius 1 is 0.759 bits per heavy atom. The van der Waals surface area contributed by atoms with Gasteiger partial charge >= 0.3 is 0 Å². The van der Waals surface area contributed by atoms with Crippen LogP contribution in [0.25, 0.3) is 0 Å². The Morgan fingerprint density at radius 2 is 1.34 bits per heavy atom. The second-order valence-electron chi connectivity index (χ2n) is 6.09. The first-order valence-corrected chi connectivity index (χ1v) is 10.8. The van der Waals surface area contributed by atoms with Gasteiger partial charge in [-0.15, -0.1) is 0 Å². The highest BCUT2D eigenvalue weighted by atomic mass is 35.5. The molecule has 3 aromatic rings. The van der Waals surface area contributed by atoms with Crippen molar-refractivity contribution in [3.8, 4) is 11.5 Å². The first kappa shape index (κ1) is 22.0. The molecule has 0 aliphatic rings. The summed E-state index contributed by atoms with van der Waals surface area (Å²) >= 11 is 25.1. The molecule has 3 aromatic carbocycles. The molecular weight excluding hydrogens is 482 g/mol. The van der Waals surface area contributed by atoms with E-state index in [1.807, 2.05) is 0 Å². The van der Waals surface area contributed by atoms with Crippen molar-refractivity contribution in [3.63, 3.8) is 0 Å². The maximum atomic E-state index is 13.0. The Morgan fingerprint density at radius 3 is 1.97 bits per heavy atom. The molecule has 0 aromatic heterocycles. The Labute approximate surface area is 186 Å². The van der Waals surface area contributed by atoms with Crippen LogP contribution in [0.15, 0.2) is 54.6 Å². The van der Waals surface area contributed by atoms with Gasteiger partial charge in [0.2, 0.25) is 0 Å². The molecule has 5 nitrogen and oxygen atoms in total. The van der Waals surface area contributed by atoms with Crippen molar-refractivity contribution in [2.45, 2.75) is 4.75 Å². The molecule has 10 heteroatoms. The van der Waals surface area contributed by atoms with Gasteiger partial charge in [0.25, 0.3) is 10.1 Å². The van der Waals surface area contributed by atoms with Gasteiger partial charge in [0.05, 0.1) is 10.0 Å². The highest BCUT2D eigenvalue weighted by Gasteiger charge is 2.52. The van der Waals surface area contributed by atoms with Gasteiger partial charge in [0.1, 0.15) is 11.5 Å². The van der Waals surface area contributed by atoms with Crippen molar-refractivity contribution in [2.24, 2.45) is 0 Å². The molecule has 0 fully saturated rings. The Bertz CT molecular complexity index is 1210. The molecule has 0 saturated heterocycles. The molecule has 3 N–H and O–H groups in total. The second kappa shape index (κ2) is 7.87. The van der Waals surface area contributed by atoms with Crippen molar-refractivity contribution < 1.29 is 23.2 Å². The first-order valence-electron chi connectivity index (χ1n) is 7.89. The van der Waals surface area contributed by atoms with Crippen LogP contribution in [0, 0.1) is 0 Å². The molecule has 1 atom stereocenters. The van der Waals surface area contributed by atoms with Crippen LogP contribution in [0.4, 0.5) is 0 Å². The van der Waals surface area contributed by atoms with Crippen LogP contribution >= 0.6 is 46.4 Å². The average molecular weight is 494 g/mol. The summed E-state index contributed by atoms with van der Waals surface area (Å²) in [7, 11) is -5.14. The van der Waals surface area contributed by atoms with Gasteiger partial charge in [0, 0.05) is 21.2 Å². The maximum Gasteiger partial charge on any atom is 0.283 e. The van der Waals surface area contributed by atoms with Crippen LogP contribution in [-0.2, 0) is 14.9 Å². The monoisotopic (exact) mass is 492 g/mol. The van der Waals surface area contributed by atoms with E-state index >= 15 is 0 Å². The van der Waals surface area contributed by atoms with E-state index in [0.717, 1.165) is 12.1 Å². The predicted octanol–water partition coefficient (Wildman–Crippen LogP) is 5.89. The molecule has 0 bridgehead atoms. The standard InChI is InChI=1S/C19H12Cl4O5S/c20-14-5-4-12(25)9-13(14)19(29(26,27)28,10-2-1-3-11(24)8-10)17-15(21)6-7-16(22)18(17)23/h1-9,24-25H,(H,26,27,28). The number of hydrogen-bond acceptors (Lipinski definition) is 4. The van der Waals surface area contributed by atoms with Gasteiger partial charge in [-0.1, -0.05) is 58.5 Å². The number of aromatic hydroxyl groups is 2. The van der Waals surface area contributed by atoms with E-state index in [1.165, 1.54) is 42.5 Å². The van der Waals surface area contributed by atoms with Crippen molar-refractivity contribution in [2.75, 3.05) is 0 Å². The van der Waals surface area contributed by atoms with Gasteiger partial charge in [-0.2, -0.15) is 8.42 Å². The van der Waals surface area contributed by atoms with Crippen molar-refractivity contribution >= 4 is 56.5 Å². The molecule has 3 rings (SSSR count). The first-order chi connectivity index (χ1) is 13.5. The normalized spacial score (nSPS) is 13.8. The summed E-state index contributed by atoms with van der Waals surface area (Å²) in [5, 5.41) is 19.5. The summed E-state index contributed by atoms with van der Waals surface area (Å²) < 4.78 is 34.0. The zero-order valence-electron chi connectivity index (χ0n) is 14.3. The SMILES string of the molecule is O=S(=O)(O)C(c1cccc(O)c1)(c1cc(O)ccc1Cl)c1c(Cl)ccc(Cl)c1Cl. The predicted molar refractivity (Wildman–Crippen MR) is 114 cm³/mol. The van der Waals surface area contributed by atoms with E-state index in [2.05, 4.69) is 0 Å². The number of phenolic OH excluding ortho intramolecular Hbond substituents is 2. The van der Waals surface area contributed by atoms with E-state index in [4.69, 9.17) is 46.4 Å². The lowest BCUT2D eigenvalue weighted by atomic mass is 9.83. The maximum absolute atomic E-state index is 13.0. The van der Waals surface area contributed by atoms with Crippen molar-refractivity contribution in [1.29, 1.82) is 0 Å². The summed E-state index contributed by atoms with van der Waals surface area (Å²) in [5.41, 5.74) is -0.647. The van der Waals surface area contributed by atoms with Gasteiger partial charge in [0.15, 0.2) is 4.75 Å². The fourth-order valence-electron chi connectivity index (χ4n) is 3.21. The minimum absolute atomic E-state index is 0.0319. The smallest absolute Gasteiger partial charge is 0.283 e. The van der Waals surface area contributed by atoms with Crippen molar-refractivity contribution in [1.82, 2.24) is 0 Å². The molecule has 0 aliphatic carbocycles. The molecule has 0 heterocycles. The largest absolute Gasteiger partial charge is 0.508 e. The third-order valence-corrected chi connectivity index (χ3v) is 7.25. The van der Waals surface area contributed by atoms with Gasteiger partial charge in [-0.05, 0) is 48.0 Å². The van der Waals surface area contributed by atoms with Gasteiger partial charge in [-0.25, -0.2) is 0 Å². The third kappa shape index (κ3) is 3.65. The molecule has 152 valence electrons. The minimum Gasteiger partial charge on any atom is -0.508 e. The van der Waals surface area contributed by atoms with Crippen LogP contribution in [-0.4, -0.2) is 23.2 Å². The van der Waals surface area contributed by atoms with E-state index < -0.39 is 14.9 Å². The Hall–Kier alpha value is -1.67. The summed E-state index contributed by atoms with van der Waals surface area (Å²) in [6, 6.07) is 11.3. The number of halogens is 4. The highest BCUT2D eigenvalue weighted by Crippen LogP contribution is 2.52. The van der Waals surface area contributed by atoms with Crippen molar-refractivity contribution in [3.05, 3.63) is 91.4 Å². The quantitative estimate of drug-likeness (QED) is 0.239. The lowest BCUT2D eigenvalue weighted by Crippen LogP contribution is -2.39. The fourth-order valence-corrected chi connectivity index (χ4v) is 5.79. The topological polar surface area (TPSA) is 94.8 Å². The minimum atomic E-state index is -5.14. The van der Waals surface area contributed by atoms with E-state index in [0.29, 0.717) is 0 Å². The lowest BCUT2D eigenvalue weighted by Gasteiger charge is -2.34. The Kier molecular flexibility index (Phi) is 5.98. The highest BCUT2D eigenvalue weighted by molar-refractivity contribution is 7.87. The molecule has 0 saturated carbocycles. The lowest BCUT2D eigenvalue weighted by molar-refractivity contribution is 0.455. The number of rotatable bonds is 4. The fraction of sp³-hybridized carbons (Fsp3) is 0.0526. The number of hydrogen-bond donors (Lipinski definition) is 3. The van der Waals surface area contributed by atoms with Crippen LogP contribution in [0.2, 0.25) is 20.1 Å². The molecule has 1 unspecified atom stereocenters. The second-order valence-corrected chi connectivity index (χ2v) is 9.25. The van der Waals surface area contributed by atoms with Gasteiger partial charge < -0.3 is 10.2 Å². The third-order valence-electron chi connectivity index (χ3n) is 4.36. The average Bonchev–Trinajstić information content (AvgIpc) is 2.63. The zero-order valence-corrected chi connectivity index (χ0v) is 18.1. The van der Waals surface area contributed by atoms with E-state index in [9.17, 15) is 23.2 Å². The molecule has 0 radical (unpaired) electrons. The van der Waals surface area contributed by atoms with E-state index in [-0.39, 0.29) is 48.3 Å². The van der Waals surface area contributed by atoms with Crippen LogP contribution < -0.4 is 0 Å². The summed E-state index contributed by atoms with van der Waals surface area (Å²) in [6.07, 6.45) is 0. The zero-order chi connectivity index (χ0) is 21.6. The summed E-state index contributed by atoms with van der Waals surface area (Å²) in [4.78, 5) is 0.